The van der Waals surface area contributed by atoms with Crippen LogP contribution >= 0.6 is 0 Å². The monoisotopic (exact) mass is 284 g/mol. The van der Waals surface area contributed by atoms with Crippen molar-refractivity contribution >= 4 is 10.9 Å². The molecule has 0 bridgehead atoms. The van der Waals surface area contributed by atoms with Gasteiger partial charge in [0.1, 0.15) is 30.4 Å². The number of furan rings is 1. The molecule has 0 amide bonds. The van der Waals surface area contributed by atoms with Crippen LogP contribution in [0.5, 0.6) is 0 Å². The van der Waals surface area contributed by atoms with Crippen molar-refractivity contribution in [3.63, 3.8) is 0 Å². The molecule has 0 N–H and O–H groups in total. The van der Waals surface area contributed by atoms with Crippen molar-refractivity contribution in [1.82, 2.24) is 9.97 Å². The first-order valence-electron chi connectivity index (χ1n) is 6.26. The fourth-order valence-electron chi connectivity index (χ4n) is 2.19. The standard InChI is InChI=1S/C15H9FN2O3/c16-11-6-12-9(7-17-8-18-12)5-10(11)13-1-2-14(21-13)15-19-3-4-20-15/h1-8,15H. The van der Waals surface area contributed by atoms with Gasteiger partial charge in [0.05, 0.1) is 11.1 Å². The van der Waals surface area contributed by atoms with E-state index in [2.05, 4.69) is 9.97 Å². The van der Waals surface area contributed by atoms with Crippen LogP contribution in [0.1, 0.15) is 12.1 Å². The molecule has 1 aliphatic rings. The van der Waals surface area contributed by atoms with Crippen LogP contribution in [0, 0.1) is 5.82 Å². The Morgan fingerprint density at radius 2 is 1.95 bits per heavy atom. The lowest BCUT2D eigenvalue weighted by atomic mass is 10.1. The first-order valence-corrected chi connectivity index (χ1v) is 6.26. The molecule has 3 aromatic rings. The molecule has 2 aromatic heterocycles. The van der Waals surface area contributed by atoms with Gasteiger partial charge in [0.2, 0.25) is 0 Å². The van der Waals surface area contributed by atoms with Crippen molar-refractivity contribution in [2.45, 2.75) is 6.29 Å². The molecule has 21 heavy (non-hydrogen) atoms. The van der Waals surface area contributed by atoms with E-state index in [0.29, 0.717) is 22.6 Å². The van der Waals surface area contributed by atoms with Crippen LogP contribution in [-0.4, -0.2) is 9.97 Å². The van der Waals surface area contributed by atoms with Gasteiger partial charge in [0.15, 0.2) is 5.76 Å². The zero-order chi connectivity index (χ0) is 14.2. The second kappa shape index (κ2) is 4.59. The van der Waals surface area contributed by atoms with Gasteiger partial charge < -0.3 is 13.9 Å². The Bertz CT molecular complexity index is 836. The van der Waals surface area contributed by atoms with Gasteiger partial charge in [-0.2, -0.15) is 0 Å². The smallest absolute Gasteiger partial charge is 0.299 e. The molecule has 4 rings (SSSR count). The van der Waals surface area contributed by atoms with Crippen LogP contribution in [0.25, 0.3) is 22.2 Å². The summed E-state index contributed by atoms with van der Waals surface area (Å²) in [7, 11) is 0. The van der Waals surface area contributed by atoms with Crippen molar-refractivity contribution in [2.75, 3.05) is 0 Å². The number of aromatic nitrogens is 2. The van der Waals surface area contributed by atoms with E-state index in [4.69, 9.17) is 13.9 Å². The summed E-state index contributed by atoms with van der Waals surface area (Å²) in [5, 5.41) is 0.738. The first kappa shape index (κ1) is 11.9. The highest BCUT2D eigenvalue weighted by atomic mass is 19.1. The van der Waals surface area contributed by atoms with Gasteiger partial charge in [-0.3, -0.25) is 0 Å². The van der Waals surface area contributed by atoms with Crippen molar-refractivity contribution in [2.24, 2.45) is 0 Å². The van der Waals surface area contributed by atoms with Gasteiger partial charge in [-0.15, -0.1) is 0 Å². The zero-order valence-corrected chi connectivity index (χ0v) is 10.7. The predicted octanol–water partition coefficient (Wildman–Crippen LogP) is 3.55. The molecule has 0 aliphatic carbocycles. The van der Waals surface area contributed by atoms with Gasteiger partial charge in [0.25, 0.3) is 6.29 Å². The highest BCUT2D eigenvalue weighted by Crippen LogP contribution is 2.32. The largest absolute Gasteiger partial charge is 0.453 e. The minimum absolute atomic E-state index is 0.342. The van der Waals surface area contributed by atoms with E-state index < -0.39 is 12.1 Å². The Hall–Kier alpha value is -2.89. The molecule has 1 aromatic carbocycles. The van der Waals surface area contributed by atoms with Crippen LogP contribution in [0.15, 0.2) is 53.7 Å². The summed E-state index contributed by atoms with van der Waals surface area (Å²) in [4.78, 5) is 7.95. The Morgan fingerprint density at radius 3 is 2.81 bits per heavy atom. The molecular formula is C15H9FN2O3. The molecule has 5 nitrogen and oxygen atoms in total. The summed E-state index contributed by atoms with van der Waals surface area (Å²) < 4.78 is 30.2. The quantitative estimate of drug-likeness (QED) is 0.720. The fourth-order valence-corrected chi connectivity index (χ4v) is 2.19. The lowest BCUT2D eigenvalue weighted by Crippen LogP contribution is -1.94. The summed E-state index contributed by atoms with van der Waals surface area (Å²) in [6.45, 7) is 0. The Labute approximate surface area is 118 Å². The predicted molar refractivity (Wildman–Crippen MR) is 71.2 cm³/mol. The topological polar surface area (TPSA) is 57.4 Å². The summed E-state index contributed by atoms with van der Waals surface area (Å²) >= 11 is 0. The number of rotatable bonds is 2. The maximum atomic E-state index is 14.2. The van der Waals surface area contributed by atoms with E-state index in [1.54, 1.807) is 24.4 Å². The molecule has 0 unspecified atom stereocenters. The molecule has 0 radical (unpaired) electrons. The van der Waals surface area contributed by atoms with E-state index in [-0.39, 0.29) is 0 Å². The average Bonchev–Trinajstić information content (AvgIpc) is 3.17. The van der Waals surface area contributed by atoms with Crippen molar-refractivity contribution in [1.29, 1.82) is 0 Å². The number of hydrogen-bond acceptors (Lipinski definition) is 5. The van der Waals surface area contributed by atoms with Crippen molar-refractivity contribution < 1.29 is 18.3 Å². The van der Waals surface area contributed by atoms with Crippen molar-refractivity contribution in [3.05, 3.63) is 60.9 Å². The maximum Gasteiger partial charge on any atom is 0.299 e. The van der Waals surface area contributed by atoms with Crippen LogP contribution in [0.3, 0.4) is 0 Å². The van der Waals surface area contributed by atoms with Gasteiger partial charge in [-0.25, -0.2) is 14.4 Å². The third-order valence-electron chi connectivity index (χ3n) is 3.18. The summed E-state index contributed by atoms with van der Waals surface area (Å²) in [5.41, 5.74) is 0.888. The van der Waals surface area contributed by atoms with Crippen LogP contribution in [-0.2, 0) is 9.47 Å². The SMILES string of the molecule is Fc1cc2ncncc2cc1-c1ccc(C2OC=CO2)o1. The minimum atomic E-state index is -0.620. The Kier molecular flexibility index (Phi) is 2.60. The van der Waals surface area contributed by atoms with Gasteiger partial charge in [-0.1, -0.05) is 0 Å². The maximum absolute atomic E-state index is 14.2. The second-order valence-corrected chi connectivity index (χ2v) is 4.49. The van der Waals surface area contributed by atoms with Crippen LogP contribution in [0.4, 0.5) is 4.39 Å². The molecule has 0 atom stereocenters. The lowest BCUT2D eigenvalue weighted by Gasteiger charge is -2.06. The van der Waals surface area contributed by atoms with E-state index in [1.165, 1.54) is 24.9 Å². The number of fused-ring (bicyclic) bond motifs is 1. The Balaban J connectivity index is 1.77. The fraction of sp³-hybridized carbons (Fsp3) is 0.0667. The molecular weight excluding hydrogens is 275 g/mol. The van der Waals surface area contributed by atoms with Crippen LogP contribution in [0.2, 0.25) is 0 Å². The first-order chi connectivity index (χ1) is 10.3. The van der Waals surface area contributed by atoms with E-state index in [9.17, 15) is 4.39 Å². The molecule has 104 valence electrons. The minimum Gasteiger partial charge on any atom is -0.453 e. The molecule has 0 saturated carbocycles. The Morgan fingerprint density at radius 1 is 1.10 bits per heavy atom. The molecule has 0 fully saturated rings. The zero-order valence-electron chi connectivity index (χ0n) is 10.7. The molecule has 0 saturated heterocycles. The molecule has 1 aliphatic heterocycles. The van der Waals surface area contributed by atoms with Gasteiger partial charge >= 0.3 is 0 Å². The van der Waals surface area contributed by atoms with Crippen molar-refractivity contribution in [3.8, 4) is 11.3 Å². The highest BCUT2D eigenvalue weighted by molar-refractivity contribution is 5.83. The van der Waals surface area contributed by atoms with Crippen LogP contribution < -0.4 is 0 Å². The number of hydrogen-bond donors (Lipinski definition) is 0. The van der Waals surface area contributed by atoms with E-state index in [0.717, 1.165) is 5.39 Å². The molecule has 0 spiro atoms. The lowest BCUT2D eigenvalue weighted by molar-refractivity contribution is -0.0400. The van der Waals surface area contributed by atoms with Gasteiger partial charge in [-0.05, 0) is 18.2 Å². The summed E-state index contributed by atoms with van der Waals surface area (Å²) in [6.07, 6.45) is 5.25. The number of halogens is 1. The molecule has 6 heteroatoms. The van der Waals surface area contributed by atoms with Gasteiger partial charge in [0, 0.05) is 17.6 Å². The molecule has 3 heterocycles. The number of benzene rings is 1. The third-order valence-corrected chi connectivity index (χ3v) is 3.18. The summed E-state index contributed by atoms with van der Waals surface area (Å²) in [6, 6.07) is 6.38. The average molecular weight is 284 g/mol. The van der Waals surface area contributed by atoms with E-state index >= 15 is 0 Å². The normalized spacial score (nSPS) is 14.3. The number of nitrogens with zero attached hydrogens (tertiary/aromatic N) is 2. The summed E-state index contributed by atoms with van der Waals surface area (Å²) in [5.74, 6) is 0.458. The van der Waals surface area contributed by atoms with E-state index in [1.807, 2.05) is 0 Å². The number of ether oxygens (including phenoxy) is 2. The second-order valence-electron chi connectivity index (χ2n) is 4.49. The highest BCUT2D eigenvalue weighted by Gasteiger charge is 2.21. The third kappa shape index (κ3) is 2.01.